The van der Waals surface area contributed by atoms with E-state index in [2.05, 4.69) is 0 Å². The lowest BCUT2D eigenvalue weighted by molar-refractivity contribution is -0.000239. The zero-order valence-electron chi connectivity index (χ0n) is 16.3. The SMILES string of the molecule is CC(C)(C)OC(=O)N(Cc1ccc2ccccc2c1)C(=O)OC(C)(C)C. The van der Waals surface area contributed by atoms with Gasteiger partial charge in [0.15, 0.2) is 0 Å². The molecule has 0 fully saturated rings. The maximum atomic E-state index is 12.6. The summed E-state index contributed by atoms with van der Waals surface area (Å²) in [4.78, 5) is 26.1. The van der Waals surface area contributed by atoms with Gasteiger partial charge >= 0.3 is 12.2 Å². The molecule has 0 saturated carbocycles. The van der Waals surface area contributed by atoms with Gasteiger partial charge in [-0.15, -0.1) is 0 Å². The van der Waals surface area contributed by atoms with Gasteiger partial charge in [0.2, 0.25) is 0 Å². The standard InChI is InChI=1S/C21H27NO4/c1-20(2,3)25-18(23)22(19(24)26-21(4,5)6)14-15-11-12-16-9-7-8-10-17(16)13-15/h7-13H,14H2,1-6H3. The molecule has 0 heterocycles. The smallest absolute Gasteiger partial charge is 0.420 e. The Kier molecular flexibility index (Phi) is 5.59. The zero-order valence-corrected chi connectivity index (χ0v) is 16.3. The van der Waals surface area contributed by atoms with Crippen molar-refractivity contribution in [3.05, 3.63) is 48.0 Å². The van der Waals surface area contributed by atoms with Crippen LogP contribution in [0.25, 0.3) is 10.8 Å². The Balaban J connectivity index is 2.29. The molecule has 0 saturated heterocycles. The van der Waals surface area contributed by atoms with Crippen molar-refractivity contribution >= 4 is 23.0 Å². The van der Waals surface area contributed by atoms with Gasteiger partial charge in [0, 0.05) is 0 Å². The summed E-state index contributed by atoms with van der Waals surface area (Å²) in [5.74, 6) is 0. The molecule has 0 radical (unpaired) electrons. The van der Waals surface area contributed by atoms with Crippen molar-refractivity contribution in [1.29, 1.82) is 0 Å². The third-order valence-electron chi connectivity index (χ3n) is 3.38. The van der Waals surface area contributed by atoms with E-state index in [1.807, 2.05) is 42.5 Å². The van der Waals surface area contributed by atoms with Crippen molar-refractivity contribution in [2.24, 2.45) is 0 Å². The third kappa shape index (κ3) is 5.76. The predicted octanol–water partition coefficient (Wildman–Crippen LogP) is 5.51. The van der Waals surface area contributed by atoms with Crippen LogP contribution in [-0.4, -0.2) is 28.3 Å². The van der Waals surface area contributed by atoms with E-state index < -0.39 is 23.4 Å². The largest absolute Gasteiger partial charge is 0.443 e. The van der Waals surface area contributed by atoms with Crippen LogP contribution in [0.5, 0.6) is 0 Å². The monoisotopic (exact) mass is 357 g/mol. The lowest BCUT2D eigenvalue weighted by Crippen LogP contribution is -2.43. The van der Waals surface area contributed by atoms with Crippen molar-refractivity contribution < 1.29 is 19.1 Å². The highest BCUT2D eigenvalue weighted by Crippen LogP contribution is 2.20. The van der Waals surface area contributed by atoms with Gasteiger partial charge in [-0.1, -0.05) is 36.4 Å². The van der Waals surface area contributed by atoms with E-state index in [9.17, 15) is 9.59 Å². The van der Waals surface area contributed by atoms with Gasteiger partial charge < -0.3 is 9.47 Å². The van der Waals surface area contributed by atoms with Crippen molar-refractivity contribution in [1.82, 2.24) is 4.90 Å². The Morgan fingerprint density at radius 2 is 1.31 bits per heavy atom. The molecule has 0 spiro atoms. The fourth-order valence-electron chi connectivity index (χ4n) is 2.36. The molecule has 0 N–H and O–H groups in total. The molecule has 2 aromatic rings. The minimum absolute atomic E-state index is 0.0780. The van der Waals surface area contributed by atoms with Crippen LogP contribution in [0.15, 0.2) is 42.5 Å². The van der Waals surface area contributed by atoms with Crippen LogP contribution in [0.2, 0.25) is 0 Å². The molecule has 2 amide bonds. The van der Waals surface area contributed by atoms with Crippen LogP contribution in [0.4, 0.5) is 9.59 Å². The summed E-state index contributed by atoms with van der Waals surface area (Å²) in [6.45, 7) is 10.6. The maximum Gasteiger partial charge on any atom is 0.420 e. The Morgan fingerprint density at radius 1 is 0.808 bits per heavy atom. The summed E-state index contributed by atoms with van der Waals surface area (Å²) < 4.78 is 10.8. The predicted molar refractivity (Wildman–Crippen MR) is 102 cm³/mol. The first kappa shape index (κ1) is 19.8. The molecule has 0 atom stereocenters. The highest BCUT2D eigenvalue weighted by atomic mass is 16.6. The van der Waals surface area contributed by atoms with E-state index in [1.165, 1.54) is 0 Å². The number of carbonyl (C=O) groups excluding carboxylic acids is 2. The number of fused-ring (bicyclic) bond motifs is 1. The number of imide groups is 1. The van der Waals surface area contributed by atoms with Gasteiger partial charge in [0.25, 0.3) is 0 Å². The maximum absolute atomic E-state index is 12.6. The molecule has 2 rings (SSSR count). The van der Waals surface area contributed by atoms with E-state index >= 15 is 0 Å². The molecular formula is C21H27NO4. The average Bonchev–Trinajstić information content (AvgIpc) is 2.48. The van der Waals surface area contributed by atoms with Crippen LogP contribution >= 0.6 is 0 Å². The van der Waals surface area contributed by atoms with Gasteiger partial charge in [-0.05, 0) is 63.9 Å². The topological polar surface area (TPSA) is 55.8 Å². The van der Waals surface area contributed by atoms with Crippen LogP contribution in [0.3, 0.4) is 0 Å². The summed E-state index contributed by atoms with van der Waals surface area (Å²) in [7, 11) is 0. The normalized spacial score (nSPS) is 11.9. The lowest BCUT2D eigenvalue weighted by atomic mass is 10.1. The summed E-state index contributed by atoms with van der Waals surface area (Å²) in [6.07, 6.45) is -1.44. The number of carbonyl (C=O) groups is 2. The van der Waals surface area contributed by atoms with Crippen LogP contribution < -0.4 is 0 Å². The Labute approximate surface area is 154 Å². The molecule has 5 heteroatoms. The van der Waals surface area contributed by atoms with Crippen LogP contribution in [0.1, 0.15) is 47.1 Å². The second-order valence-corrected chi connectivity index (χ2v) is 8.23. The van der Waals surface area contributed by atoms with E-state index in [1.54, 1.807) is 41.5 Å². The van der Waals surface area contributed by atoms with Gasteiger partial charge in [0.1, 0.15) is 11.2 Å². The molecule has 2 aromatic carbocycles. The Bertz CT molecular complexity index is 771. The fraction of sp³-hybridized carbons (Fsp3) is 0.429. The number of hydrogen-bond acceptors (Lipinski definition) is 4. The molecule has 5 nitrogen and oxygen atoms in total. The second kappa shape index (κ2) is 7.36. The summed E-state index contributed by atoms with van der Waals surface area (Å²) in [5.41, 5.74) is -0.595. The summed E-state index contributed by atoms with van der Waals surface area (Å²) >= 11 is 0. The van der Waals surface area contributed by atoms with Gasteiger partial charge in [-0.2, -0.15) is 0 Å². The molecule has 0 aromatic heterocycles. The third-order valence-corrected chi connectivity index (χ3v) is 3.38. The Morgan fingerprint density at radius 3 is 1.81 bits per heavy atom. The molecule has 26 heavy (non-hydrogen) atoms. The van der Waals surface area contributed by atoms with E-state index in [0.29, 0.717) is 0 Å². The summed E-state index contributed by atoms with van der Waals surface area (Å²) in [5, 5.41) is 2.13. The number of rotatable bonds is 2. The first-order valence-corrected chi connectivity index (χ1v) is 8.66. The number of ether oxygens (including phenoxy) is 2. The minimum Gasteiger partial charge on any atom is -0.443 e. The van der Waals surface area contributed by atoms with Crippen LogP contribution in [-0.2, 0) is 16.0 Å². The van der Waals surface area contributed by atoms with Crippen molar-refractivity contribution in [3.8, 4) is 0 Å². The highest BCUT2D eigenvalue weighted by Gasteiger charge is 2.31. The number of benzene rings is 2. The van der Waals surface area contributed by atoms with E-state index in [-0.39, 0.29) is 6.54 Å². The first-order chi connectivity index (χ1) is 11.9. The fourth-order valence-corrected chi connectivity index (χ4v) is 2.36. The van der Waals surface area contributed by atoms with Crippen molar-refractivity contribution in [2.45, 2.75) is 59.3 Å². The zero-order chi connectivity index (χ0) is 19.5. The molecule has 0 unspecified atom stereocenters. The molecule has 140 valence electrons. The van der Waals surface area contributed by atoms with Gasteiger partial charge in [-0.3, -0.25) is 0 Å². The van der Waals surface area contributed by atoms with Crippen molar-refractivity contribution in [3.63, 3.8) is 0 Å². The quantitative estimate of drug-likeness (QED) is 0.711. The van der Waals surface area contributed by atoms with Gasteiger partial charge in [-0.25, -0.2) is 14.5 Å². The number of amides is 2. The number of hydrogen-bond donors (Lipinski definition) is 0. The van der Waals surface area contributed by atoms with E-state index in [4.69, 9.17) is 9.47 Å². The summed E-state index contributed by atoms with van der Waals surface area (Å²) in [6, 6.07) is 13.7. The minimum atomic E-state index is -0.722. The molecule has 0 aliphatic rings. The molecular weight excluding hydrogens is 330 g/mol. The lowest BCUT2D eigenvalue weighted by Gasteiger charge is -2.28. The molecule has 0 aliphatic carbocycles. The second-order valence-electron chi connectivity index (χ2n) is 8.23. The van der Waals surface area contributed by atoms with Crippen molar-refractivity contribution in [2.75, 3.05) is 0 Å². The average molecular weight is 357 g/mol. The highest BCUT2D eigenvalue weighted by molar-refractivity contribution is 5.88. The van der Waals surface area contributed by atoms with Gasteiger partial charge in [0.05, 0.1) is 6.54 Å². The first-order valence-electron chi connectivity index (χ1n) is 8.66. The van der Waals surface area contributed by atoms with E-state index in [0.717, 1.165) is 21.2 Å². The number of nitrogens with zero attached hydrogens (tertiary/aromatic N) is 1. The Hall–Kier alpha value is -2.56. The molecule has 0 bridgehead atoms. The molecule has 0 aliphatic heterocycles. The van der Waals surface area contributed by atoms with Crippen LogP contribution in [0, 0.1) is 0 Å².